The Kier molecular flexibility index (Phi) is 5.17. The molecule has 5 nitrogen and oxygen atoms in total. The van der Waals surface area contributed by atoms with Crippen molar-refractivity contribution in [3.05, 3.63) is 30.3 Å². The number of primary amides is 1. The number of benzene rings is 1. The molecule has 0 aliphatic heterocycles. The van der Waals surface area contributed by atoms with E-state index in [0.717, 1.165) is 0 Å². The molecule has 0 radical (unpaired) electrons. The first kappa shape index (κ1) is 14.0. The fourth-order valence-corrected chi connectivity index (χ4v) is 1.27. The van der Waals surface area contributed by atoms with E-state index in [1.807, 2.05) is 6.07 Å². The van der Waals surface area contributed by atoms with Crippen LogP contribution in [0.1, 0.15) is 20.3 Å². The molecule has 0 unspecified atom stereocenters. The normalized spacial score (nSPS) is 13.4. The van der Waals surface area contributed by atoms with Crippen molar-refractivity contribution >= 4 is 11.9 Å². The van der Waals surface area contributed by atoms with Crippen LogP contribution in [0.15, 0.2) is 30.3 Å². The molecule has 98 valence electrons. The zero-order valence-electron chi connectivity index (χ0n) is 10.5. The van der Waals surface area contributed by atoms with E-state index in [2.05, 4.69) is 0 Å². The van der Waals surface area contributed by atoms with Gasteiger partial charge in [-0.3, -0.25) is 4.79 Å². The second-order valence-corrected chi connectivity index (χ2v) is 3.81. The number of nitrogens with two attached hydrogens (primary N) is 1. The van der Waals surface area contributed by atoms with Gasteiger partial charge in [0.25, 0.3) is 5.91 Å². The minimum Gasteiger partial charge on any atom is -0.479 e. The van der Waals surface area contributed by atoms with E-state index in [1.54, 1.807) is 31.2 Å². The van der Waals surface area contributed by atoms with Gasteiger partial charge in [0.2, 0.25) is 0 Å². The molecule has 2 N–H and O–H groups in total. The summed E-state index contributed by atoms with van der Waals surface area (Å²) in [5, 5.41) is 0. The van der Waals surface area contributed by atoms with Crippen molar-refractivity contribution in [2.45, 2.75) is 32.5 Å². The van der Waals surface area contributed by atoms with Gasteiger partial charge in [-0.15, -0.1) is 0 Å². The molecule has 0 fully saturated rings. The minimum atomic E-state index is -0.953. The van der Waals surface area contributed by atoms with Crippen LogP contribution < -0.4 is 10.5 Å². The fourth-order valence-electron chi connectivity index (χ4n) is 1.27. The Morgan fingerprint density at radius 1 is 1.28 bits per heavy atom. The molecule has 18 heavy (non-hydrogen) atoms. The fraction of sp³-hybridized carbons (Fsp3) is 0.385. The maximum Gasteiger partial charge on any atom is 0.348 e. The van der Waals surface area contributed by atoms with Crippen molar-refractivity contribution in [3.63, 3.8) is 0 Å². The number of ether oxygens (including phenoxy) is 2. The van der Waals surface area contributed by atoms with Gasteiger partial charge in [0, 0.05) is 0 Å². The molecule has 0 spiro atoms. The molecule has 0 aromatic heterocycles. The number of hydrogen-bond donors (Lipinski definition) is 1. The van der Waals surface area contributed by atoms with Crippen molar-refractivity contribution in [3.8, 4) is 5.75 Å². The Morgan fingerprint density at radius 2 is 1.89 bits per heavy atom. The van der Waals surface area contributed by atoms with Crippen LogP contribution in [0.2, 0.25) is 0 Å². The van der Waals surface area contributed by atoms with Crippen LogP contribution in [0.5, 0.6) is 5.75 Å². The summed E-state index contributed by atoms with van der Waals surface area (Å²) in [7, 11) is 0. The molecule has 1 aromatic carbocycles. The van der Waals surface area contributed by atoms with Crippen LogP contribution in [-0.2, 0) is 14.3 Å². The number of amides is 1. The second kappa shape index (κ2) is 6.64. The number of carbonyl (C=O) groups is 2. The third-order valence-corrected chi connectivity index (χ3v) is 2.35. The molecule has 0 saturated carbocycles. The molecule has 0 aliphatic carbocycles. The third-order valence-electron chi connectivity index (χ3n) is 2.35. The highest BCUT2D eigenvalue weighted by Gasteiger charge is 2.24. The van der Waals surface area contributed by atoms with E-state index in [0.29, 0.717) is 12.2 Å². The van der Waals surface area contributed by atoms with Crippen LogP contribution in [0.4, 0.5) is 0 Å². The molecule has 5 heteroatoms. The molecule has 0 heterocycles. The first-order valence-corrected chi connectivity index (χ1v) is 5.76. The topological polar surface area (TPSA) is 78.6 Å². The minimum absolute atomic E-state index is 0.444. The summed E-state index contributed by atoms with van der Waals surface area (Å²) >= 11 is 0. The highest BCUT2D eigenvalue weighted by molar-refractivity contribution is 5.83. The first-order valence-electron chi connectivity index (χ1n) is 5.76. The van der Waals surface area contributed by atoms with Gasteiger partial charge < -0.3 is 15.2 Å². The molecule has 1 rings (SSSR count). The zero-order valence-corrected chi connectivity index (χ0v) is 10.5. The van der Waals surface area contributed by atoms with E-state index in [9.17, 15) is 9.59 Å². The number of carbonyl (C=O) groups excluding carboxylic acids is 2. The van der Waals surface area contributed by atoms with Gasteiger partial charge >= 0.3 is 5.97 Å². The highest BCUT2D eigenvalue weighted by atomic mass is 16.6. The number of hydrogen-bond acceptors (Lipinski definition) is 4. The lowest BCUT2D eigenvalue weighted by Crippen LogP contribution is -2.36. The quantitative estimate of drug-likeness (QED) is 0.772. The van der Waals surface area contributed by atoms with Gasteiger partial charge in [-0.05, 0) is 25.5 Å². The monoisotopic (exact) mass is 251 g/mol. The van der Waals surface area contributed by atoms with Gasteiger partial charge in [-0.2, -0.15) is 0 Å². The Balaban J connectivity index is 2.61. The molecular formula is C13H17NO4. The maximum absolute atomic E-state index is 11.7. The lowest BCUT2D eigenvalue weighted by atomic mass is 10.2. The Bertz CT molecular complexity index is 405. The van der Waals surface area contributed by atoms with Crippen LogP contribution in [0.25, 0.3) is 0 Å². The number of esters is 1. The molecule has 2 atom stereocenters. The summed E-state index contributed by atoms with van der Waals surface area (Å²) in [5.41, 5.74) is 5.02. The van der Waals surface area contributed by atoms with E-state index in [1.165, 1.54) is 6.92 Å². The van der Waals surface area contributed by atoms with E-state index >= 15 is 0 Å². The summed E-state index contributed by atoms with van der Waals surface area (Å²) in [4.78, 5) is 22.5. The van der Waals surface area contributed by atoms with Gasteiger partial charge in [0.1, 0.15) is 5.75 Å². The first-order chi connectivity index (χ1) is 8.54. The van der Waals surface area contributed by atoms with Gasteiger partial charge in [-0.25, -0.2) is 4.79 Å². The van der Waals surface area contributed by atoms with Crippen molar-refractivity contribution in [1.29, 1.82) is 0 Å². The summed E-state index contributed by atoms with van der Waals surface area (Å²) < 4.78 is 10.4. The van der Waals surface area contributed by atoms with Crippen LogP contribution >= 0.6 is 0 Å². The van der Waals surface area contributed by atoms with E-state index in [-0.39, 0.29) is 0 Å². The Morgan fingerprint density at radius 3 is 2.39 bits per heavy atom. The van der Waals surface area contributed by atoms with Gasteiger partial charge in [-0.1, -0.05) is 25.1 Å². The molecule has 0 aliphatic rings. The molecule has 0 saturated heterocycles. The second-order valence-electron chi connectivity index (χ2n) is 3.81. The molecular weight excluding hydrogens is 234 g/mol. The summed E-state index contributed by atoms with van der Waals surface area (Å²) in [6, 6.07) is 8.95. The smallest absolute Gasteiger partial charge is 0.348 e. The zero-order chi connectivity index (χ0) is 13.5. The van der Waals surface area contributed by atoms with E-state index in [4.69, 9.17) is 15.2 Å². The average Bonchev–Trinajstić information content (AvgIpc) is 2.36. The average molecular weight is 251 g/mol. The Labute approximate surface area is 106 Å². The van der Waals surface area contributed by atoms with Crippen molar-refractivity contribution in [2.75, 3.05) is 0 Å². The Hall–Kier alpha value is -2.04. The maximum atomic E-state index is 11.7. The van der Waals surface area contributed by atoms with Crippen LogP contribution in [0, 0.1) is 0 Å². The molecule has 1 aromatic rings. The molecule has 0 bridgehead atoms. The highest BCUT2D eigenvalue weighted by Crippen LogP contribution is 2.13. The number of para-hydroxylation sites is 1. The summed E-state index contributed by atoms with van der Waals surface area (Å²) in [6.07, 6.45) is -1.25. The lowest BCUT2D eigenvalue weighted by Gasteiger charge is -2.18. The van der Waals surface area contributed by atoms with Crippen molar-refractivity contribution in [1.82, 2.24) is 0 Å². The third kappa shape index (κ3) is 4.08. The van der Waals surface area contributed by atoms with Crippen LogP contribution in [-0.4, -0.2) is 24.1 Å². The van der Waals surface area contributed by atoms with Crippen LogP contribution in [0.3, 0.4) is 0 Å². The lowest BCUT2D eigenvalue weighted by molar-refractivity contribution is -0.160. The molecule has 1 amide bonds. The predicted octanol–water partition coefficient (Wildman–Crippen LogP) is 1.26. The SMILES string of the molecule is CC[C@@H](Oc1ccccc1)C(=O)O[C@@H](C)C(N)=O. The van der Waals surface area contributed by atoms with Crippen molar-refractivity contribution in [2.24, 2.45) is 5.73 Å². The van der Waals surface area contributed by atoms with Gasteiger partial charge in [0.15, 0.2) is 12.2 Å². The summed E-state index contributed by atoms with van der Waals surface area (Å²) in [6.45, 7) is 3.22. The number of rotatable bonds is 6. The van der Waals surface area contributed by atoms with Gasteiger partial charge in [0.05, 0.1) is 0 Å². The summed E-state index contributed by atoms with van der Waals surface area (Å²) in [5.74, 6) is -0.696. The largest absolute Gasteiger partial charge is 0.479 e. The van der Waals surface area contributed by atoms with Crippen molar-refractivity contribution < 1.29 is 19.1 Å². The van der Waals surface area contributed by atoms with E-state index < -0.39 is 24.1 Å². The predicted molar refractivity (Wildman–Crippen MR) is 65.9 cm³/mol. The standard InChI is InChI=1S/C13H17NO4/c1-3-11(13(16)17-9(2)12(14)15)18-10-7-5-4-6-8-10/h4-9,11H,3H2,1-2H3,(H2,14,15)/t9-,11+/m0/s1.